The van der Waals surface area contributed by atoms with Crippen LogP contribution in [-0.2, 0) is 0 Å². The lowest BCUT2D eigenvalue weighted by Crippen LogP contribution is -2.54. The van der Waals surface area contributed by atoms with Gasteiger partial charge in [-0.1, -0.05) is 42.0 Å². The third-order valence-electron chi connectivity index (χ3n) is 6.73. The third-order valence-corrected chi connectivity index (χ3v) is 6.73. The molecule has 6 nitrogen and oxygen atoms in total. The lowest BCUT2D eigenvalue weighted by Gasteiger charge is -2.38. The van der Waals surface area contributed by atoms with Crippen molar-refractivity contribution in [2.75, 3.05) is 39.3 Å². The summed E-state index contributed by atoms with van der Waals surface area (Å²) in [6, 6.07) is 18.1. The van der Waals surface area contributed by atoms with E-state index in [1.807, 2.05) is 76.2 Å². The number of urea groups is 1. The summed E-state index contributed by atoms with van der Waals surface area (Å²) >= 11 is 0. The average molecular weight is 443 g/mol. The molecule has 0 N–H and O–H groups in total. The molecule has 2 fully saturated rings. The van der Waals surface area contributed by atoms with Crippen LogP contribution >= 0.6 is 0 Å². The zero-order chi connectivity index (χ0) is 22.8. The van der Waals surface area contributed by atoms with Gasteiger partial charge in [0.2, 0.25) is 0 Å². The number of hydrogen-bond donors (Lipinski definition) is 0. The van der Waals surface area contributed by atoms with E-state index in [-0.39, 0.29) is 11.9 Å². The van der Waals surface area contributed by atoms with E-state index < -0.39 is 0 Å². The first-order valence-electron chi connectivity index (χ1n) is 11.9. The van der Waals surface area contributed by atoms with Crippen LogP contribution in [0.2, 0.25) is 0 Å². The second-order valence-electron chi connectivity index (χ2n) is 9.05. The molecule has 3 amide bonds. The number of aromatic nitrogens is 1. The van der Waals surface area contributed by atoms with Gasteiger partial charge in [-0.3, -0.25) is 4.79 Å². The number of aryl methyl sites for hydroxylation is 1. The van der Waals surface area contributed by atoms with Gasteiger partial charge in [-0.25, -0.2) is 9.78 Å². The first-order chi connectivity index (χ1) is 16.1. The molecule has 33 heavy (non-hydrogen) atoms. The van der Waals surface area contributed by atoms with E-state index in [9.17, 15) is 9.59 Å². The van der Waals surface area contributed by atoms with Gasteiger partial charge >= 0.3 is 6.03 Å². The third kappa shape index (κ3) is 4.42. The maximum Gasteiger partial charge on any atom is 0.320 e. The fraction of sp³-hybridized carbons (Fsp3) is 0.370. The Labute approximate surface area is 194 Å². The van der Waals surface area contributed by atoms with Gasteiger partial charge in [0, 0.05) is 50.2 Å². The zero-order valence-corrected chi connectivity index (χ0v) is 19.2. The van der Waals surface area contributed by atoms with E-state index >= 15 is 0 Å². The van der Waals surface area contributed by atoms with E-state index in [1.165, 1.54) is 6.42 Å². The van der Waals surface area contributed by atoms with Gasteiger partial charge in [-0.2, -0.15) is 0 Å². The molecule has 6 heteroatoms. The summed E-state index contributed by atoms with van der Waals surface area (Å²) in [6.07, 6.45) is 3.38. The van der Waals surface area contributed by atoms with Crippen LogP contribution in [0.25, 0.3) is 22.2 Å². The van der Waals surface area contributed by atoms with Crippen molar-refractivity contribution in [1.29, 1.82) is 0 Å². The number of amides is 3. The number of benzene rings is 2. The van der Waals surface area contributed by atoms with E-state index in [2.05, 4.69) is 0 Å². The molecule has 3 aromatic rings. The highest BCUT2D eigenvalue weighted by atomic mass is 16.2. The molecule has 0 radical (unpaired) electrons. The number of piperidine rings is 1. The maximum absolute atomic E-state index is 13.7. The van der Waals surface area contributed by atoms with E-state index in [0.29, 0.717) is 31.7 Å². The van der Waals surface area contributed by atoms with Crippen molar-refractivity contribution in [3.8, 4) is 11.3 Å². The van der Waals surface area contributed by atoms with Crippen LogP contribution in [0.15, 0.2) is 54.6 Å². The fourth-order valence-electron chi connectivity index (χ4n) is 4.83. The molecule has 1 aromatic heterocycles. The minimum absolute atomic E-state index is 0.00949. The zero-order valence-electron chi connectivity index (χ0n) is 19.2. The molecule has 3 heterocycles. The normalized spacial score (nSPS) is 16.8. The van der Waals surface area contributed by atoms with Crippen molar-refractivity contribution in [3.05, 3.63) is 65.7 Å². The molecule has 5 rings (SSSR count). The van der Waals surface area contributed by atoms with Crippen LogP contribution in [0, 0.1) is 6.92 Å². The summed E-state index contributed by atoms with van der Waals surface area (Å²) in [5.74, 6) is 0.00949. The number of carbonyl (C=O) groups excluding carboxylic acids is 2. The maximum atomic E-state index is 13.7. The lowest BCUT2D eigenvalue weighted by atomic mass is 10.0. The van der Waals surface area contributed by atoms with Gasteiger partial charge in [-0.15, -0.1) is 0 Å². The van der Waals surface area contributed by atoms with E-state index in [0.717, 1.165) is 53.7 Å². The largest absolute Gasteiger partial charge is 0.335 e. The van der Waals surface area contributed by atoms with Gasteiger partial charge in [0.05, 0.1) is 16.8 Å². The van der Waals surface area contributed by atoms with Crippen molar-refractivity contribution in [2.45, 2.75) is 26.2 Å². The number of nitrogens with zero attached hydrogens (tertiary/aromatic N) is 4. The molecule has 0 saturated carbocycles. The van der Waals surface area contributed by atoms with Crippen LogP contribution in [0.3, 0.4) is 0 Å². The molecule has 170 valence electrons. The molecule has 0 aliphatic carbocycles. The number of hydrogen-bond acceptors (Lipinski definition) is 3. The van der Waals surface area contributed by atoms with Gasteiger partial charge in [-0.05, 0) is 44.4 Å². The minimum atomic E-state index is 0.00949. The van der Waals surface area contributed by atoms with E-state index in [4.69, 9.17) is 4.98 Å². The minimum Gasteiger partial charge on any atom is -0.335 e. The highest BCUT2D eigenvalue weighted by Crippen LogP contribution is 2.27. The first-order valence-corrected chi connectivity index (χ1v) is 11.9. The van der Waals surface area contributed by atoms with Crippen molar-refractivity contribution in [3.63, 3.8) is 0 Å². The topological polar surface area (TPSA) is 56.8 Å². The summed E-state index contributed by atoms with van der Waals surface area (Å²) in [7, 11) is 0. The second-order valence-corrected chi connectivity index (χ2v) is 9.05. The molecule has 0 spiro atoms. The van der Waals surface area contributed by atoms with Crippen LogP contribution in [0.5, 0.6) is 0 Å². The Bertz CT molecular complexity index is 1160. The Kier molecular flexibility index (Phi) is 5.99. The summed E-state index contributed by atoms with van der Waals surface area (Å²) in [5.41, 5.74) is 4.39. The van der Waals surface area contributed by atoms with E-state index in [1.54, 1.807) is 0 Å². The Morgan fingerprint density at radius 2 is 1.42 bits per heavy atom. The van der Waals surface area contributed by atoms with Crippen LogP contribution < -0.4 is 0 Å². The van der Waals surface area contributed by atoms with Gasteiger partial charge in [0.25, 0.3) is 5.91 Å². The number of fused-ring (bicyclic) bond motifs is 1. The molecular weight excluding hydrogens is 412 g/mol. The number of rotatable bonds is 2. The molecular formula is C27H30N4O2. The fourth-order valence-corrected chi connectivity index (χ4v) is 4.83. The SMILES string of the molecule is Cc1ccc2nc(-c3ccccc3)cc(C(=O)N3CCN(C(=O)N4CCCCC4)CC3)c2c1. The quantitative estimate of drug-likeness (QED) is 0.584. The second kappa shape index (κ2) is 9.22. The Morgan fingerprint density at radius 3 is 2.15 bits per heavy atom. The Hall–Kier alpha value is -3.41. The van der Waals surface area contributed by atoms with Gasteiger partial charge in [0.1, 0.15) is 0 Å². The van der Waals surface area contributed by atoms with Crippen LogP contribution in [-0.4, -0.2) is 70.9 Å². The van der Waals surface area contributed by atoms with Crippen molar-refractivity contribution >= 4 is 22.8 Å². The molecule has 0 atom stereocenters. The summed E-state index contributed by atoms with van der Waals surface area (Å²) < 4.78 is 0. The molecule has 2 saturated heterocycles. The predicted molar refractivity (Wildman–Crippen MR) is 130 cm³/mol. The highest BCUT2D eigenvalue weighted by molar-refractivity contribution is 6.07. The molecule has 2 aliphatic rings. The van der Waals surface area contributed by atoms with Crippen molar-refractivity contribution in [2.24, 2.45) is 0 Å². The van der Waals surface area contributed by atoms with Crippen molar-refractivity contribution < 1.29 is 9.59 Å². The highest BCUT2D eigenvalue weighted by Gasteiger charge is 2.29. The van der Waals surface area contributed by atoms with Gasteiger partial charge in [0.15, 0.2) is 0 Å². The number of piperazine rings is 1. The summed E-state index contributed by atoms with van der Waals surface area (Å²) in [6.45, 7) is 5.99. The van der Waals surface area contributed by atoms with Crippen LogP contribution in [0.4, 0.5) is 4.79 Å². The predicted octanol–water partition coefficient (Wildman–Crippen LogP) is 4.57. The smallest absolute Gasteiger partial charge is 0.320 e. The Morgan fingerprint density at radius 1 is 0.758 bits per heavy atom. The number of pyridine rings is 1. The molecule has 2 aromatic carbocycles. The first kappa shape index (κ1) is 21.4. The number of likely N-dealkylation sites (tertiary alicyclic amines) is 1. The van der Waals surface area contributed by atoms with Crippen LogP contribution in [0.1, 0.15) is 35.2 Å². The number of carbonyl (C=O) groups is 2. The monoisotopic (exact) mass is 442 g/mol. The Balaban J connectivity index is 1.39. The summed E-state index contributed by atoms with van der Waals surface area (Å²) in [4.78, 5) is 37.1. The average Bonchev–Trinajstić information content (AvgIpc) is 2.88. The molecule has 0 bridgehead atoms. The van der Waals surface area contributed by atoms with Crippen molar-refractivity contribution in [1.82, 2.24) is 19.7 Å². The standard InChI is InChI=1S/C27H30N4O2/c1-20-10-11-24-22(18-20)23(19-25(28-24)21-8-4-2-5-9-21)26(32)29-14-16-31(17-15-29)27(33)30-12-6-3-7-13-30/h2,4-5,8-11,18-19H,3,6-7,12-17H2,1H3. The molecule has 0 unspecified atom stereocenters. The summed E-state index contributed by atoms with van der Waals surface area (Å²) in [5, 5.41) is 0.881. The lowest BCUT2D eigenvalue weighted by molar-refractivity contribution is 0.0635. The molecule has 2 aliphatic heterocycles. The van der Waals surface area contributed by atoms with Gasteiger partial charge < -0.3 is 14.7 Å².